The molecule has 3 aromatic rings. The van der Waals surface area contributed by atoms with Crippen molar-refractivity contribution in [3.8, 4) is 17.1 Å². The lowest BCUT2D eigenvalue weighted by atomic mass is 10.1. The lowest BCUT2D eigenvalue weighted by molar-refractivity contribution is -0.697. The summed E-state index contributed by atoms with van der Waals surface area (Å²) in [6.45, 7) is 5.31. The molecular formula is C20H22F3N3O5S. The van der Waals surface area contributed by atoms with Gasteiger partial charge in [0.15, 0.2) is 18.9 Å². The first kappa shape index (κ1) is 25.3. The van der Waals surface area contributed by atoms with Gasteiger partial charge in [-0.05, 0) is 25.0 Å². The lowest BCUT2D eigenvalue weighted by Gasteiger charge is -2.10. The number of aryl methyl sites for hydroxylation is 3. The van der Waals surface area contributed by atoms with Gasteiger partial charge in [0.2, 0.25) is 5.82 Å². The maximum atomic E-state index is 12.5. The fourth-order valence-electron chi connectivity index (χ4n) is 2.66. The zero-order valence-corrected chi connectivity index (χ0v) is 18.4. The van der Waals surface area contributed by atoms with E-state index in [1.54, 1.807) is 24.5 Å². The molecule has 0 unspecified atom stereocenters. The number of hydrogen-bond acceptors (Lipinski definition) is 7. The normalized spacial score (nSPS) is 11.6. The quantitative estimate of drug-likeness (QED) is 0.307. The van der Waals surface area contributed by atoms with Crippen LogP contribution in [0.15, 0.2) is 47.2 Å². The van der Waals surface area contributed by atoms with Crippen molar-refractivity contribution in [3.05, 3.63) is 59.7 Å². The number of hydrogen-bond donors (Lipinski definition) is 0. The SMILES string of the molecule is CS(=O)(=O)[O-].Cc1cccc(C)c1OCCC[n+]1ccc(-c2noc(C(F)(F)F)n2)cc1. The Bertz CT molecular complexity index is 1100. The average Bonchev–Trinajstić information content (AvgIpc) is 3.17. The Kier molecular flexibility index (Phi) is 8.33. The Morgan fingerprint density at radius 1 is 1.12 bits per heavy atom. The highest BCUT2D eigenvalue weighted by Crippen LogP contribution is 2.29. The Labute approximate surface area is 183 Å². The van der Waals surface area contributed by atoms with Gasteiger partial charge in [-0.3, -0.25) is 0 Å². The molecule has 0 spiro atoms. The van der Waals surface area contributed by atoms with E-state index in [1.165, 1.54) is 0 Å². The number of alkyl halides is 3. The second-order valence-electron chi connectivity index (χ2n) is 6.87. The number of nitrogens with zero attached hydrogens (tertiary/aromatic N) is 3. The number of halogens is 3. The molecule has 174 valence electrons. The number of pyridine rings is 1. The molecule has 0 saturated carbocycles. The summed E-state index contributed by atoms with van der Waals surface area (Å²) < 4.78 is 76.8. The number of ether oxygens (including phenoxy) is 1. The molecule has 8 nitrogen and oxygen atoms in total. The molecule has 0 aliphatic rings. The van der Waals surface area contributed by atoms with Crippen LogP contribution in [0.1, 0.15) is 23.4 Å². The minimum absolute atomic E-state index is 0.0900. The summed E-state index contributed by atoms with van der Waals surface area (Å²) in [5.41, 5.74) is 2.66. The van der Waals surface area contributed by atoms with Gasteiger partial charge in [-0.25, -0.2) is 13.0 Å². The van der Waals surface area contributed by atoms with Crippen LogP contribution in [-0.2, 0) is 22.8 Å². The molecule has 0 amide bonds. The largest absolute Gasteiger partial charge is 0.748 e. The van der Waals surface area contributed by atoms with Crippen LogP contribution >= 0.6 is 0 Å². The minimum atomic E-state index is -4.64. The van der Waals surface area contributed by atoms with Gasteiger partial charge >= 0.3 is 12.1 Å². The van der Waals surface area contributed by atoms with Crippen molar-refractivity contribution in [2.75, 3.05) is 12.9 Å². The van der Waals surface area contributed by atoms with E-state index < -0.39 is 22.2 Å². The molecule has 2 heterocycles. The van der Waals surface area contributed by atoms with Crippen molar-refractivity contribution in [2.24, 2.45) is 0 Å². The first-order valence-electron chi connectivity index (χ1n) is 9.35. The van der Waals surface area contributed by atoms with Crippen molar-refractivity contribution in [1.82, 2.24) is 10.1 Å². The van der Waals surface area contributed by atoms with Crippen LogP contribution in [0.4, 0.5) is 13.2 Å². The summed E-state index contributed by atoms with van der Waals surface area (Å²) >= 11 is 0. The van der Waals surface area contributed by atoms with Gasteiger partial charge in [0, 0.05) is 30.4 Å². The Balaban J connectivity index is 0.000000654. The first-order valence-corrected chi connectivity index (χ1v) is 11.2. The predicted octanol–water partition coefficient (Wildman–Crippen LogP) is 3.29. The maximum Gasteiger partial charge on any atom is 0.471 e. The van der Waals surface area contributed by atoms with Gasteiger partial charge in [-0.1, -0.05) is 23.4 Å². The van der Waals surface area contributed by atoms with Crippen molar-refractivity contribution >= 4 is 10.1 Å². The second-order valence-corrected chi connectivity index (χ2v) is 8.28. The third-order valence-corrected chi connectivity index (χ3v) is 4.03. The summed E-state index contributed by atoms with van der Waals surface area (Å²) in [7, 11) is -3.92. The van der Waals surface area contributed by atoms with E-state index in [0.29, 0.717) is 25.0 Å². The van der Waals surface area contributed by atoms with Crippen LogP contribution in [0.25, 0.3) is 11.4 Å². The number of para-hydroxylation sites is 1. The summed E-state index contributed by atoms with van der Waals surface area (Å²) in [6, 6.07) is 9.32. The fourth-order valence-corrected chi connectivity index (χ4v) is 2.66. The molecule has 0 atom stereocenters. The highest BCUT2D eigenvalue weighted by molar-refractivity contribution is 7.84. The van der Waals surface area contributed by atoms with E-state index in [2.05, 4.69) is 14.7 Å². The van der Waals surface area contributed by atoms with E-state index in [9.17, 15) is 13.2 Å². The zero-order valence-electron chi connectivity index (χ0n) is 17.6. The Morgan fingerprint density at radius 2 is 1.69 bits per heavy atom. The highest BCUT2D eigenvalue weighted by atomic mass is 32.2. The van der Waals surface area contributed by atoms with Gasteiger partial charge in [0.1, 0.15) is 5.75 Å². The molecule has 0 radical (unpaired) electrons. The average molecular weight is 473 g/mol. The molecule has 0 bridgehead atoms. The molecule has 12 heteroatoms. The van der Waals surface area contributed by atoms with Crippen LogP contribution in [0, 0.1) is 13.8 Å². The predicted molar refractivity (Wildman–Crippen MR) is 107 cm³/mol. The van der Waals surface area contributed by atoms with E-state index in [0.717, 1.165) is 23.3 Å². The van der Waals surface area contributed by atoms with Gasteiger partial charge in [-0.15, -0.1) is 0 Å². The van der Waals surface area contributed by atoms with Gasteiger partial charge < -0.3 is 13.8 Å². The Hall–Kier alpha value is -2.99. The third-order valence-electron chi connectivity index (χ3n) is 4.03. The van der Waals surface area contributed by atoms with Crippen molar-refractivity contribution in [3.63, 3.8) is 0 Å². The lowest BCUT2D eigenvalue weighted by Crippen LogP contribution is -2.33. The molecule has 0 aliphatic heterocycles. The van der Waals surface area contributed by atoms with E-state index in [-0.39, 0.29) is 5.82 Å². The van der Waals surface area contributed by atoms with Crippen LogP contribution in [0.2, 0.25) is 0 Å². The summed E-state index contributed by atoms with van der Waals surface area (Å²) in [5.74, 6) is -0.527. The number of benzene rings is 1. The van der Waals surface area contributed by atoms with Gasteiger partial charge in [-0.2, -0.15) is 18.2 Å². The summed E-state index contributed by atoms with van der Waals surface area (Å²) in [4.78, 5) is 3.37. The number of rotatable bonds is 6. The molecule has 0 saturated heterocycles. The Morgan fingerprint density at radius 3 is 2.19 bits per heavy atom. The topological polar surface area (TPSA) is 109 Å². The fraction of sp³-hybridized carbons (Fsp3) is 0.350. The summed E-state index contributed by atoms with van der Waals surface area (Å²) in [5, 5.41) is 3.37. The molecule has 3 rings (SSSR count). The van der Waals surface area contributed by atoms with E-state index in [1.807, 2.05) is 36.6 Å². The molecule has 0 N–H and O–H groups in total. The van der Waals surface area contributed by atoms with Crippen LogP contribution in [-0.4, -0.2) is 36.0 Å². The van der Waals surface area contributed by atoms with Crippen molar-refractivity contribution in [1.29, 1.82) is 0 Å². The monoisotopic (exact) mass is 473 g/mol. The first-order chi connectivity index (χ1) is 14.8. The smallest absolute Gasteiger partial charge is 0.471 e. The van der Waals surface area contributed by atoms with E-state index in [4.69, 9.17) is 17.7 Å². The number of aromatic nitrogens is 3. The second kappa shape index (κ2) is 10.6. The maximum absolute atomic E-state index is 12.5. The van der Waals surface area contributed by atoms with Gasteiger partial charge in [0.05, 0.1) is 16.7 Å². The third kappa shape index (κ3) is 8.27. The van der Waals surface area contributed by atoms with Crippen LogP contribution in [0.5, 0.6) is 5.75 Å². The van der Waals surface area contributed by atoms with Gasteiger partial charge in [0.25, 0.3) is 0 Å². The summed E-state index contributed by atoms with van der Waals surface area (Å²) in [6.07, 6.45) is 0.274. The van der Waals surface area contributed by atoms with Crippen molar-refractivity contribution in [2.45, 2.75) is 33.0 Å². The molecule has 2 aromatic heterocycles. The van der Waals surface area contributed by atoms with Crippen molar-refractivity contribution < 1.29 is 40.0 Å². The standard InChI is InChI=1S/C19H19F3N3O2.CH4O3S/c1-13-5-3-6-14(2)16(13)26-12-4-9-25-10-7-15(8-11-25)17-23-18(27-24-17)19(20,21)22;1-5(2,3)4/h3,5-8,10-11H,4,9,12H2,1-2H3;1H3,(H,2,3,4)/q+1;/p-1. The molecule has 0 fully saturated rings. The molecule has 32 heavy (non-hydrogen) atoms. The minimum Gasteiger partial charge on any atom is -0.748 e. The molecule has 1 aromatic carbocycles. The van der Waals surface area contributed by atoms with E-state index >= 15 is 0 Å². The zero-order chi connectivity index (χ0) is 23.9. The molecular weight excluding hydrogens is 451 g/mol. The van der Waals surface area contributed by atoms with Crippen LogP contribution in [0.3, 0.4) is 0 Å². The highest BCUT2D eigenvalue weighted by Gasteiger charge is 2.38. The van der Waals surface area contributed by atoms with Crippen LogP contribution < -0.4 is 9.30 Å². The molecule has 0 aliphatic carbocycles.